The fourth-order valence-electron chi connectivity index (χ4n) is 3.43. The number of hydrogen-bond donors (Lipinski definition) is 1. The number of aliphatic hydroxyl groups is 1. The van der Waals surface area contributed by atoms with Crippen LogP contribution in [0.1, 0.15) is 38.3 Å². The Morgan fingerprint density at radius 2 is 1.73 bits per heavy atom. The van der Waals surface area contributed by atoms with E-state index in [1.807, 2.05) is 61.5 Å². The lowest BCUT2D eigenvalue weighted by Gasteiger charge is -2.36. The Labute approximate surface area is 159 Å². The normalized spacial score (nSPS) is 14.3. The third-order valence-electron chi connectivity index (χ3n) is 4.48. The van der Waals surface area contributed by atoms with Gasteiger partial charge in [-0.1, -0.05) is 49.4 Å². The van der Waals surface area contributed by atoms with Gasteiger partial charge in [-0.25, -0.2) is 0 Å². The van der Waals surface area contributed by atoms with E-state index in [2.05, 4.69) is 26.9 Å². The van der Waals surface area contributed by atoms with Gasteiger partial charge in [0.1, 0.15) is 12.4 Å². The molecule has 3 nitrogen and oxygen atoms in total. The zero-order valence-corrected chi connectivity index (χ0v) is 17.7. The average molecular weight is 373 g/mol. The summed E-state index contributed by atoms with van der Waals surface area (Å²) < 4.78 is 12.1. The molecule has 0 amide bonds. The van der Waals surface area contributed by atoms with Crippen molar-refractivity contribution in [3.63, 3.8) is 0 Å². The van der Waals surface area contributed by atoms with Gasteiger partial charge in [0.05, 0.1) is 5.60 Å². The average Bonchev–Trinajstić information content (AvgIpc) is 2.59. The molecule has 0 spiro atoms. The van der Waals surface area contributed by atoms with Gasteiger partial charge in [-0.2, -0.15) is 0 Å². The Kier molecular flexibility index (Phi) is 7.04. The van der Waals surface area contributed by atoms with Crippen LogP contribution >= 0.6 is 0 Å². The van der Waals surface area contributed by atoms with Gasteiger partial charge in [-0.3, -0.25) is 0 Å². The minimum atomic E-state index is -1.98. The highest BCUT2D eigenvalue weighted by Crippen LogP contribution is 2.36. The van der Waals surface area contributed by atoms with Crippen LogP contribution < -0.4 is 4.74 Å². The van der Waals surface area contributed by atoms with Crippen molar-refractivity contribution in [2.45, 2.75) is 64.6 Å². The predicted octanol–water partition coefficient (Wildman–Crippen LogP) is 5.49. The first kappa shape index (κ1) is 20.7. The quantitative estimate of drug-likeness (QED) is 0.591. The van der Waals surface area contributed by atoms with Crippen LogP contribution in [0.3, 0.4) is 0 Å². The number of rotatable bonds is 9. The molecule has 1 atom stereocenters. The zero-order chi connectivity index (χ0) is 19.2. The molecule has 0 aliphatic rings. The van der Waals surface area contributed by atoms with E-state index in [1.165, 1.54) is 0 Å². The van der Waals surface area contributed by atoms with Gasteiger partial charge in [0.25, 0.3) is 0 Å². The predicted molar refractivity (Wildman–Crippen MR) is 110 cm³/mol. The van der Waals surface area contributed by atoms with Gasteiger partial charge < -0.3 is 14.3 Å². The molecule has 0 fully saturated rings. The molecule has 0 heterocycles. The second kappa shape index (κ2) is 8.85. The van der Waals surface area contributed by atoms with Crippen molar-refractivity contribution in [2.24, 2.45) is 0 Å². The SMILES string of the molecule is CCC(O)(C[Si](C)(C)OC(C)C)c1cccc(OCc2ccccc2)c1. The lowest BCUT2D eigenvalue weighted by atomic mass is 9.93. The van der Waals surface area contributed by atoms with Gasteiger partial charge in [0, 0.05) is 6.10 Å². The van der Waals surface area contributed by atoms with Crippen molar-refractivity contribution in [2.75, 3.05) is 0 Å². The van der Waals surface area contributed by atoms with Crippen LogP contribution in [-0.2, 0) is 16.6 Å². The zero-order valence-electron chi connectivity index (χ0n) is 16.7. The van der Waals surface area contributed by atoms with Gasteiger partial charge in [0.15, 0.2) is 8.32 Å². The molecule has 2 rings (SSSR count). The summed E-state index contributed by atoms with van der Waals surface area (Å²) in [5.74, 6) is 0.780. The van der Waals surface area contributed by atoms with Crippen LogP contribution in [0.15, 0.2) is 54.6 Å². The number of ether oxygens (including phenoxy) is 1. The molecule has 1 unspecified atom stereocenters. The first-order valence-corrected chi connectivity index (χ1v) is 12.5. The number of hydrogen-bond acceptors (Lipinski definition) is 3. The summed E-state index contributed by atoms with van der Waals surface area (Å²) in [6.07, 6.45) is 0.825. The van der Waals surface area contributed by atoms with Crippen LogP contribution in [0.2, 0.25) is 19.1 Å². The molecular weight excluding hydrogens is 340 g/mol. The highest BCUT2D eigenvalue weighted by molar-refractivity contribution is 6.71. The van der Waals surface area contributed by atoms with E-state index < -0.39 is 13.9 Å². The molecule has 26 heavy (non-hydrogen) atoms. The van der Waals surface area contributed by atoms with Crippen molar-refractivity contribution in [1.29, 1.82) is 0 Å². The standard InChI is InChI=1S/C22H32O3Si/c1-6-22(23,17-26(4,5)25-18(2)3)20-13-10-14-21(15-20)24-16-19-11-8-7-9-12-19/h7-15,18,23H,6,16-17H2,1-5H3. The van der Waals surface area contributed by atoms with Gasteiger partial charge in [-0.15, -0.1) is 0 Å². The number of benzene rings is 2. The smallest absolute Gasteiger partial charge is 0.190 e. The largest absolute Gasteiger partial charge is 0.489 e. The Morgan fingerprint density at radius 3 is 2.35 bits per heavy atom. The van der Waals surface area contributed by atoms with Gasteiger partial charge in [0.2, 0.25) is 0 Å². The summed E-state index contributed by atoms with van der Waals surface area (Å²) in [5.41, 5.74) is 1.14. The van der Waals surface area contributed by atoms with Gasteiger partial charge >= 0.3 is 0 Å². The maximum atomic E-state index is 11.3. The van der Waals surface area contributed by atoms with Gasteiger partial charge in [-0.05, 0) is 62.7 Å². The summed E-state index contributed by atoms with van der Waals surface area (Å²) in [4.78, 5) is 0. The lowest BCUT2D eigenvalue weighted by Crippen LogP contribution is -2.42. The third-order valence-corrected chi connectivity index (χ3v) is 7.02. The van der Waals surface area contributed by atoms with Crippen LogP contribution in [0.4, 0.5) is 0 Å². The minimum Gasteiger partial charge on any atom is -0.489 e. The van der Waals surface area contributed by atoms with E-state index in [9.17, 15) is 5.11 Å². The molecule has 0 radical (unpaired) electrons. The van der Waals surface area contributed by atoms with Crippen molar-refractivity contribution >= 4 is 8.32 Å². The topological polar surface area (TPSA) is 38.7 Å². The van der Waals surface area contributed by atoms with Crippen molar-refractivity contribution in [3.8, 4) is 5.75 Å². The van der Waals surface area contributed by atoms with Crippen molar-refractivity contribution in [3.05, 3.63) is 65.7 Å². The van der Waals surface area contributed by atoms with E-state index >= 15 is 0 Å². The lowest BCUT2D eigenvalue weighted by molar-refractivity contribution is 0.0451. The Hall–Kier alpha value is -1.62. The van der Waals surface area contributed by atoms with Crippen molar-refractivity contribution < 1.29 is 14.3 Å². The molecule has 2 aromatic carbocycles. The maximum absolute atomic E-state index is 11.3. The minimum absolute atomic E-state index is 0.179. The molecule has 2 aromatic rings. The van der Waals surface area contributed by atoms with Crippen LogP contribution in [0.5, 0.6) is 5.75 Å². The molecule has 0 aromatic heterocycles. The fourth-order valence-corrected chi connectivity index (χ4v) is 6.65. The highest BCUT2D eigenvalue weighted by Gasteiger charge is 2.38. The summed E-state index contributed by atoms with van der Waals surface area (Å²) in [7, 11) is -1.98. The van der Waals surface area contributed by atoms with E-state index in [0.29, 0.717) is 19.1 Å². The van der Waals surface area contributed by atoms with E-state index in [4.69, 9.17) is 9.16 Å². The Morgan fingerprint density at radius 1 is 1.04 bits per heavy atom. The maximum Gasteiger partial charge on any atom is 0.190 e. The monoisotopic (exact) mass is 372 g/mol. The summed E-state index contributed by atoms with van der Waals surface area (Å²) in [5, 5.41) is 11.3. The molecule has 142 valence electrons. The summed E-state index contributed by atoms with van der Waals surface area (Å²) >= 11 is 0. The van der Waals surface area contributed by atoms with Crippen LogP contribution in [-0.4, -0.2) is 19.5 Å². The molecule has 0 aliphatic carbocycles. The summed E-state index contributed by atoms with van der Waals surface area (Å²) in [6, 6.07) is 18.6. The fraction of sp³-hybridized carbons (Fsp3) is 0.455. The first-order valence-electron chi connectivity index (χ1n) is 9.41. The Balaban J connectivity index is 2.14. The molecule has 0 bridgehead atoms. The third kappa shape index (κ3) is 5.97. The molecule has 0 saturated heterocycles. The molecular formula is C22H32O3Si. The van der Waals surface area contributed by atoms with E-state index in [1.54, 1.807) is 0 Å². The summed E-state index contributed by atoms with van der Waals surface area (Å²) in [6.45, 7) is 11.0. The van der Waals surface area contributed by atoms with Crippen LogP contribution in [0, 0.1) is 0 Å². The first-order chi connectivity index (χ1) is 12.2. The van der Waals surface area contributed by atoms with E-state index in [-0.39, 0.29) is 6.10 Å². The van der Waals surface area contributed by atoms with Crippen LogP contribution in [0.25, 0.3) is 0 Å². The molecule has 0 saturated carbocycles. The Bertz CT molecular complexity index is 685. The van der Waals surface area contributed by atoms with E-state index in [0.717, 1.165) is 16.9 Å². The molecule has 0 aliphatic heterocycles. The second-order valence-corrected chi connectivity index (χ2v) is 11.9. The van der Waals surface area contributed by atoms with Crippen molar-refractivity contribution in [1.82, 2.24) is 0 Å². The molecule has 4 heteroatoms. The highest BCUT2D eigenvalue weighted by atomic mass is 28.4. The second-order valence-electron chi connectivity index (χ2n) is 7.79. The molecule has 1 N–H and O–H groups in total.